The summed E-state index contributed by atoms with van der Waals surface area (Å²) in [4.78, 5) is 13.3. The summed E-state index contributed by atoms with van der Waals surface area (Å²) in [6, 6.07) is 1.63. The van der Waals surface area contributed by atoms with Crippen molar-refractivity contribution in [2.24, 2.45) is 0 Å². The Labute approximate surface area is 96.1 Å². The van der Waals surface area contributed by atoms with Crippen LogP contribution in [-0.4, -0.2) is 29.8 Å². The molecule has 0 fully saturated rings. The first-order valence-electron chi connectivity index (χ1n) is 4.15. The smallest absolute Gasteiger partial charge is 0.258 e. The number of halogens is 2. The molecule has 78 valence electrons. The van der Waals surface area contributed by atoms with E-state index >= 15 is 0 Å². The highest BCUT2D eigenvalue weighted by Gasteiger charge is 2.17. The number of hydrogen-bond donors (Lipinski definition) is 0. The molecule has 3 nitrogen and oxygen atoms in total. The molecule has 0 aliphatic heterocycles. The summed E-state index contributed by atoms with van der Waals surface area (Å²) in [7, 11) is 1.71. The standard InChI is InChI=1S/C9H11BrClNO2/c1-6(11)5-12(2)9(13)7-3-4-14-8(7)10/h3-4,6H,5H2,1-2H3. The predicted molar refractivity (Wildman–Crippen MR) is 58.7 cm³/mol. The molecule has 14 heavy (non-hydrogen) atoms. The van der Waals surface area contributed by atoms with E-state index in [-0.39, 0.29) is 11.3 Å². The van der Waals surface area contributed by atoms with Gasteiger partial charge in [-0.1, -0.05) is 0 Å². The third-order valence-corrected chi connectivity index (χ3v) is 2.47. The van der Waals surface area contributed by atoms with E-state index < -0.39 is 0 Å². The normalized spacial score (nSPS) is 12.6. The Morgan fingerprint density at radius 1 is 1.79 bits per heavy atom. The van der Waals surface area contributed by atoms with Crippen LogP contribution in [-0.2, 0) is 0 Å². The topological polar surface area (TPSA) is 33.5 Å². The van der Waals surface area contributed by atoms with Gasteiger partial charge in [0.15, 0.2) is 4.67 Å². The molecule has 1 aromatic rings. The van der Waals surface area contributed by atoms with Crippen LogP contribution in [0.15, 0.2) is 21.4 Å². The highest BCUT2D eigenvalue weighted by molar-refractivity contribution is 9.10. The number of carbonyl (C=O) groups excluding carboxylic acids is 1. The minimum atomic E-state index is -0.0990. The maximum absolute atomic E-state index is 11.7. The van der Waals surface area contributed by atoms with Crippen LogP contribution in [0.4, 0.5) is 0 Å². The van der Waals surface area contributed by atoms with Crippen molar-refractivity contribution in [1.82, 2.24) is 4.90 Å². The van der Waals surface area contributed by atoms with Gasteiger partial charge in [-0.3, -0.25) is 4.79 Å². The summed E-state index contributed by atoms with van der Waals surface area (Å²) >= 11 is 8.94. The molecule has 1 atom stereocenters. The number of alkyl halides is 1. The molecule has 0 saturated heterocycles. The Balaban J connectivity index is 2.71. The summed E-state index contributed by atoms with van der Waals surface area (Å²) in [6.45, 7) is 2.35. The number of carbonyl (C=O) groups is 1. The van der Waals surface area contributed by atoms with Gasteiger partial charge in [-0.15, -0.1) is 11.6 Å². The second-order valence-corrected chi connectivity index (χ2v) is 4.54. The zero-order valence-electron chi connectivity index (χ0n) is 7.96. The Morgan fingerprint density at radius 3 is 2.86 bits per heavy atom. The second kappa shape index (κ2) is 4.84. The van der Waals surface area contributed by atoms with Crippen LogP contribution in [0, 0.1) is 0 Å². The monoisotopic (exact) mass is 279 g/mol. The Morgan fingerprint density at radius 2 is 2.43 bits per heavy atom. The van der Waals surface area contributed by atoms with Crippen molar-refractivity contribution in [2.45, 2.75) is 12.3 Å². The van der Waals surface area contributed by atoms with Gasteiger partial charge in [0.25, 0.3) is 5.91 Å². The molecule has 1 amide bonds. The molecule has 0 aromatic carbocycles. The SMILES string of the molecule is CC(Cl)CN(C)C(=O)c1ccoc1Br. The van der Waals surface area contributed by atoms with Crippen molar-refractivity contribution in [3.05, 3.63) is 22.6 Å². The fourth-order valence-electron chi connectivity index (χ4n) is 1.11. The minimum Gasteiger partial charge on any atom is -0.457 e. The second-order valence-electron chi connectivity index (χ2n) is 3.07. The summed E-state index contributed by atoms with van der Waals surface area (Å²) < 4.78 is 5.43. The number of rotatable bonds is 3. The first-order valence-corrected chi connectivity index (χ1v) is 5.38. The molecule has 1 unspecified atom stereocenters. The predicted octanol–water partition coefficient (Wildman–Crippen LogP) is 2.74. The van der Waals surface area contributed by atoms with Crippen molar-refractivity contribution in [3.8, 4) is 0 Å². The molecule has 0 saturated carbocycles. The van der Waals surface area contributed by atoms with Crippen molar-refractivity contribution in [3.63, 3.8) is 0 Å². The van der Waals surface area contributed by atoms with Crippen molar-refractivity contribution in [2.75, 3.05) is 13.6 Å². The Bertz CT molecular complexity index is 324. The van der Waals surface area contributed by atoms with Crippen LogP contribution < -0.4 is 0 Å². The van der Waals surface area contributed by atoms with E-state index in [4.69, 9.17) is 16.0 Å². The molecule has 1 rings (SSSR count). The highest BCUT2D eigenvalue weighted by Crippen LogP contribution is 2.19. The van der Waals surface area contributed by atoms with E-state index in [9.17, 15) is 4.79 Å². The quantitative estimate of drug-likeness (QED) is 0.798. The largest absolute Gasteiger partial charge is 0.457 e. The summed E-state index contributed by atoms with van der Waals surface area (Å²) in [5.41, 5.74) is 0.518. The van der Waals surface area contributed by atoms with Gasteiger partial charge >= 0.3 is 0 Å². The van der Waals surface area contributed by atoms with Crippen LogP contribution >= 0.6 is 27.5 Å². The molecule has 0 aliphatic carbocycles. The van der Waals surface area contributed by atoms with Gasteiger partial charge in [0.1, 0.15) is 0 Å². The van der Waals surface area contributed by atoms with E-state index in [0.717, 1.165) is 0 Å². The molecule has 0 bridgehead atoms. The van der Waals surface area contributed by atoms with Crippen LogP contribution in [0.3, 0.4) is 0 Å². The van der Waals surface area contributed by atoms with Gasteiger partial charge in [0.2, 0.25) is 0 Å². The third kappa shape index (κ3) is 2.75. The number of furan rings is 1. The fraction of sp³-hybridized carbons (Fsp3) is 0.444. The molecule has 1 aromatic heterocycles. The van der Waals surface area contributed by atoms with Gasteiger partial charge in [0.05, 0.1) is 11.8 Å². The van der Waals surface area contributed by atoms with Gasteiger partial charge in [-0.05, 0) is 28.9 Å². The third-order valence-electron chi connectivity index (χ3n) is 1.72. The minimum absolute atomic E-state index is 0.0605. The zero-order valence-corrected chi connectivity index (χ0v) is 10.3. The van der Waals surface area contributed by atoms with Crippen LogP contribution in [0.1, 0.15) is 17.3 Å². The van der Waals surface area contributed by atoms with E-state index in [1.54, 1.807) is 18.0 Å². The Hall–Kier alpha value is -0.480. The molecular formula is C9H11BrClNO2. The first-order chi connectivity index (χ1) is 6.52. The average molecular weight is 281 g/mol. The molecule has 1 heterocycles. The lowest BCUT2D eigenvalue weighted by Gasteiger charge is -2.17. The molecule has 0 spiro atoms. The van der Waals surface area contributed by atoms with Gasteiger partial charge in [-0.25, -0.2) is 0 Å². The van der Waals surface area contributed by atoms with Gasteiger partial charge < -0.3 is 9.32 Å². The fourth-order valence-corrected chi connectivity index (χ4v) is 1.73. The van der Waals surface area contributed by atoms with Crippen LogP contribution in [0.25, 0.3) is 0 Å². The maximum Gasteiger partial charge on any atom is 0.258 e. The van der Waals surface area contributed by atoms with Crippen molar-refractivity contribution >= 4 is 33.4 Å². The number of amides is 1. The zero-order chi connectivity index (χ0) is 10.7. The summed E-state index contributed by atoms with van der Waals surface area (Å²) in [5, 5.41) is -0.0605. The van der Waals surface area contributed by atoms with Crippen molar-refractivity contribution < 1.29 is 9.21 Å². The molecule has 0 radical (unpaired) electrons. The lowest BCUT2D eigenvalue weighted by Crippen LogP contribution is -2.31. The van der Waals surface area contributed by atoms with Gasteiger partial charge in [0, 0.05) is 19.0 Å². The number of nitrogens with zero attached hydrogens (tertiary/aromatic N) is 1. The lowest BCUT2D eigenvalue weighted by molar-refractivity contribution is 0.0794. The average Bonchev–Trinajstić information content (AvgIpc) is 2.48. The maximum atomic E-state index is 11.7. The summed E-state index contributed by atoms with van der Waals surface area (Å²) in [6.07, 6.45) is 1.47. The first kappa shape index (κ1) is 11.6. The lowest BCUT2D eigenvalue weighted by atomic mass is 10.3. The summed E-state index contributed by atoms with van der Waals surface area (Å²) in [5.74, 6) is -0.0990. The molecular weight excluding hydrogens is 269 g/mol. The Kier molecular flexibility index (Phi) is 4.01. The van der Waals surface area contributed by atoms with E-state index in [0.29, 0.717) is 16.8 Å². The number of hydrogen-bond acceptors (Lipinski definition) is 2. The van der Waals surface area contributed by atoms with E-state index in [1.165, 1.54) is 6.26 Å². The van der Waals surface area contributed by atoms with Gasteiger partial charge in [-0.2, -0.15) is 0 Å². The van der Waals surface area contributed by atoms with E-state index in [2.05, 4.69) is 15.9 Å². The van der Waals surface area contributed by atoms with Crippen molar-refractivity contribution in [1.29, 1.82) is 0 Å². The molecule has 0 N–H and O–H groups in total. The van der Waals surface area contributed by atoms with Crippen LogP contribution in [0.5, 0.6) is 0 Å². The molecule has 0 aliphatic rings. The van der Waals surface area contributed by atoms with Crippen LogP contribution in [0.2, 0.25) is 0 Å². The molecule has 5 heteroatoms. The highest BCUT2D eigenvalue weighted by atomic mass is 79.9. The van der Waals surface area contributed by atoms with E-state index in [1.807, 2.05) is 6.92 Å².